The van der Waals surface area contributed by atoms with E-state index in [1.807, 2.05) is 7.05 Å². The zero-order valence-electron chi connectivity index (χ0n) is 12.8. The van der Waals surface area contributed by atoms with Crippen molar-refractivity contribution in [3.8, 4) is 0 Å². The van der Waals surface area contributed by atoms with E-state index in [1.165, 1.54) is 12.8 Å². The molecule has 1 aromatic heterocycles. The van der Waals surface area contributed by atoms with Gasteiger partial charge in [-0.1, -0.05) is 0 Å². The number of rotatable bonds is 3. The molecule has 1 aliphatic heterocycles. The van der Waals surface area contributed by atoms with Crippen LogP contribution in [0.1, 0.15) is 44.0 Å². The molecule has 5 heteroatoms. The van der Waals surface area contributed by atoms with Crippen LogP contribution in [0.25, 0.3) is 0 Å². The molecule has 0 spiro atoms. The highest BCUT2D eigenvalue weighted by Gasteiger charge is 2.31. The Morgan fingerprint density at radius 1 is 1.25 bits per heavy atom. The van der Waals surface area contributed by atoms with Crippen LogP contribution >= 0.6 is 0 Å². The quantitative estimate of drug-likeness (QED) is 0.918. The molecule has 2 atom stereocenters. The minimum atomic E-state index is 0.253. The van der Waals surface area contributed by atoms with Crippen LogP contribution in [0.2, 0.25) is 0 Å². The number of hydrogen-bond donors (Lipinski definition) is 1. The molecule has 0 radical (unpaired) electrons. The average Bonchev–Trinajstić information content (AvgIpc) is 3.26. The number of aromatic nitrogens is 2. The molecule has 20 heavy (non-hydrogen) atoms. The Bertz CT molecular complexity index is 501. The predicted octanol–water partition coefficient (Wildman–Crippen LogP) is 2.32. The Hall–Kier alpha value is -1.36. The van der Waals surface area contributed by atoms with Crippen LogP contribution in [-0.4, -0.2) is 42.3 Å². The number of ether oxygens (including phenoxy) is 1. The number of morpholine rings is 1. The third-order valence-electron chi connectivity index (χ3n) is 4.20. The number of hydrogen-bond acceptors (Lipinski definition) is 5. The van der Waals surface area contributed by atoms with Crippen molar-refractivity contribution in [3.05, 3.63) is 11.4 Å². The summed E-state index contributed by atoms with van der Waals surface area (Å²) < 4.78 is 5.73. The van der Waals surface area contributed by atoms with Crippen LogP contribution < -0.4 is 10.2 Å². The van der Waals surface area contributed by atoms with Gasteiger partial charge in [-0.25, -0.2) is 9.97 Å². The number of nitrogens with one attached hydrogen (secondary N) is 1. The lowest BCUT2D eigenvalue weighted by Crippen LogP contribution is -2.48. The lowest BCUT2D eigenvalue weighted by Gasteiger charge is -2.38. The molecule has 3 rings (SSSR count). The monoisotopic (exact) mass is 276 g/mol. The molecule has 2 unspecified atom stereocenters. The fourth-order valence-electron chi connectivity index (χ4n) is 2.77. The topological polar surface area (TPSA) is 50.3 Å². The van der Waals surface area contributed by atoms with Crippen molar-refractivity contribution in [2.24, 2.45) is 0 Å². The molecule has 1 saturated heterocycles. The summed E-state index contributed by atoms with van der Waals surface area (Å²) in [7, 11) is 1.93. The summed E-state index contributed by atoms with van der Waals surface area (Å²) >= 11 is 0. The second-order valence-corrected chi connectivity index (χ2v) is 6.05. The molecule has 1 aromatic rings. The van der Waals surface area contributed by atoms with Crippen molar-refractivity contribution < 1.29 is 4.74 Å². The van der Waals surface area contributed by atoms with Gasteiger partial charge < -0.3 is 15.0 Å². The zero-order valence-corrected chi connectivity index (χ0v) is 12.8. The predicted molar refractivity (Wildman–Crippen MR) is 80.5 cm³/mol. The first kappa shape index (κ1) is 13.6. The van der Waals surface area contributed by atoms with E-state index in [0.29, 0.717) is 12.0 Å². The highest BCUT2D eigenvalue weighted by molar-refractivity contribution is 5.59. The van der Waals surface area contributed by atoms with Gasteiger partial charge >= 0.3 is 0 Å². The summed E-state index contributed by atoms with van der Waals surface area (Å²) in [4.78, 5) is 11.9. The standard InChI is InChI=1S/C15H24N4O/c1-9-8-20-10(2)7-19(9)15-11(3)13(16-4)17-14(18-15)12-5-6-12/h9-10,12H,5-8H2,1-4H3,(H,16,17,18). The van der Waals surface area contributed by atoms with Crippen molar-refractivity contribution in [3.63, 3.8) is 0 Å². The number of anilines is 2. The molecule has 2 fully saturated rings. The van der Waals surface area contributed by atoms with Gasteiger partial charge in [0.15, 0.2) is 0 Å². The summed E-state index contributed by atoms with van der Waals surface area (Å²) in [5, 5.41) is 3.21. The van der Waals surface area contributed by atoms with Crippen LogP contribution in [0.15, 0.2) is 0 Å². The van der Waals surface area contributed by atoms with E-state index in [2.05, 4.69) is 36.0 Å². The first-order valence-electron chi connectivity index (χ1n) is 7.54. The summed E-state index contributed by atoms with van der Waals surface area (Å²) in [6, 6.07) is 0.358. The van der Waals surface area contributed by atoms with Crippen molar-refractivity contribution >= 4 is 11.6 Å². The molecular weight excluding hydrogens is 252 g/mol. The molecule has 0 amide bonds. The Kier molecular flexibility index (Phi) is 3.54. The number of nitrogens with zero attached hydrogens (tertiary/aromatic N) is 3. The van der Waals surface area contributed by atoms with Gasteiger partial charge in [0.05, 0.1) is 18.8 Å². The zero-order chi connectivity index (χ0) is 14.3. The fourth-order valence-corrected chi connectivity index (χ4v) is 2.77. The van der Waals surface area contributed by atoms with Gasteiger partial charge in [0, 0.05) is 25.1 Å². The van der Waals surface area contributed by atoms with Crippen molar-refractivity contribution in [1.82, 2.24) is 9.97 Å². The minimum absolute atomic E-state index is 0.253. The second kappa shape index (κ2) is 5.20. The van der Waals surface area contributed by atoms with Crippen molar-refractivity contribution in [2.45, 2.75) is 51.7 Å². The summed E-state index contributed by atoms with van der Waals surface area (Å²) in [5.74, 6) is 3.61. The Balaban J connectivity index is 1.99. The maximum absolute atomic E-state index is 5.73. The van der Waals surface area contributed by atoms with E-state index in [1.54, 1.807) is 0 Å². The first-order chi connectivity index (χ1) is 9.60. The average molecular weight is 276 g/mol. The summed E-state index contributed by atoms with van der Waals surface area (Å²) in [5.41, 5.74) is 1.14. The smallest absolute Gasteiger partial charge is 0.137 e. The third kappa shape index (κ3) is 2.46. The summed E-state index contributed by atoms with van der Waals surface area (Å²) in [6.45, 7) is 8.08. The highest BCUT2D eigenvalue weighted by Crippen LogP contribution is 2.40. The van der Waals surface area contributed by atoms with Crippen molar-refractivity contribution in [1.29, 1.82) is 0 Å². The van der Waals surface area contributed by atoms with Gasteiger partial charge in [-0.15, -0.1) is 0 Å². The van der Waals surface area contributed by atoms with Gasteiger partial charge in [-0.3, -0.25) is 0 Å². The lowest BCUT2D eigenvalue weighted by molar-refractivity contribution is 0.0340. The minimum Gasteiger partial charge on any atom is -0.375 e. The van der Waals surface area contributed by atoms with E-state index in [4.69, 9.17) is 9.72 Å². The Morgan fingerprint density at radius 2 is 2.00 bits per heavy atom. The van der Waals surface area contributed by atoms with Crippen LogP contribution in [0.3, 0.4) is 0 Å². The molecule has 1 aliphatic carbocycles. The van der Waals surface area contributed by atoms with Crippen molar-refractivity contribution in [2.75, 3.05) is 30.4 Å². The van der Waals surface area contributed by atoms with E-state index >= 15 is 0 Å². The molecule has 1 saturated carbocycles. The van der Waals surface area contributed by atoms with E-state index in [9.17, 15) is 0 Å². The SMILES string of the molecule is CNc1nc(C2CC2)nc(N2CC(C)OCC2C)c1C. The molecular formula is C15H24N4O. The second-order valence-electron chi connectivity index (χ2n) is 6.05. The molecule has 5 nitrogen and oxygen atoms in total. The molecule has 110 valence electrons. The highest BCUT2D eigenvalue weighted by atomic mass is 16.5. The van der Waals surface area contributed by atoms with Crippen LogP contribution in [0.5, 0.6) is 0 Å². The normalized spacial score (nSPS) is 26.7. The van der Waals surface area contributed by atoms with Gasteiger partial charge in [-0.05, 0) is 33.6 Å². The van der Waals surface area contributed by atoms with Gasteiger partial charge in [-0.2, -0.15) is 0 Å². The van der Waals surface area contributed by atoms with E-state index in [0.717, 1.165) is 36.2 Å². The largest absolute Gasteiger partial charge is 0.375 e. The maximum atomic E-state index is 5.73. The van der Waals surface area contributed by atoms with E-state index in [-0.39, 0.29) is 6.10 Å². The molecule has 2 aliphatic rings. The fraction of sp³-hybridized carbons (Fsp3) is 0.733. The van der Waals surface area contributed by atoms with Crippen LogP contribution in [-0.2, 0) is 4.74 Å². The molecule has 1 N–H and O–H groups in total. The molecule has 2 heterocycles. The van der Waals surface area contributed by atoms with Gasteiger partial charge in [0.25, 0.3) is 0 Å². The van der Waals surface area contributed by atoms with Gasteiger partial charge in [0.1, 0.15) is 17.5 Å². The molecule has 0 bridgehead atoms. The van der Waals surface area contributed by atoms with Crippen LogP contribution in [0.4, 0.5) is 11.6 Å². The van der Waals surface area contributed by atoms with Crippen LogP contribution in [0, 0.1) is 6.92 Å². The first-order valence-corrected chi connectivity index (χ1v) is 7.54. The van der Waals surface area contributed by atoms with Gasteiger partial charge in [0.2, 0.25) is 0 Å². The van der Waals surface area contributed by atoms with E-state index < -0.39 is 0 Å². The lowest BCUT2D eigenvalue weighted by atomic mass is 10.1. The maximum Gasteiger partial charge on any atom is 0.137 e. The Morgan fingerprint density at radius 3 is 2.65 bits per heavy atom. The summed E-state index contributed by atoms with van der Waals surface area (Å²) in [6.07, 6.45) is 2.70. The third-order valence-corrected chi connectivity index (χ3v) is 4.20. The molecule has 0 aromatic carbocycles. The Labute approximate surface area is 120 Å².